The van der Waals surface area contributed by atoms with Crippen LogP contribution in [-0.2, 0) is 11.5 Å². The Morgan fingerprint density at radius 2 is 1.81 bits per heavy atom. The van der Waals surface area contributed by atoms with Crippen LogP contribution in [0.2, 0.25) is 0 Å². The van der Waals surface area contributed by atoms with Crippen LogP contribution in [0.1, 0.15) is 16.7 Å². The smallest absolute Gasteiger partial charge is 0.231 e. The lowest BCUT2D eigenvalue weighted by atomic mass is 10.2. The van der Waals surface area contributed by atoms with Crippen molar-refractivity contribution in [2.75, 3.05) is 6.79 Å². The summed E-state index contributed by atoms with van der Waals surface area (Å²) in [5.41, 5.74) is 3.11. The molecule has 106 valence electrons. The van der Waals surface area contributed by atoms with Gasteiger partial charge in [-0.05, 0) is 35.4 Å². The minimum Gasteiger partial charge on any atom is -0.454 e. The first-order valence-electron chi connectivity index (χ1n) is 6.41. The Kier molecular flexibility index (Phi) is 4.37. The lowest BCUT2D eigenvalue weighted by Crippen LogP contribution is -1.92. The van der Waals surface area contributed by atoms with Crippen LogP contribution in [0.4, 0.5) is 0 Å². The average Bonchev–Trinajstić information content (AvgIpc) is 2.95. The van der Waals surface area contributed by atoms with Crippen molar-refractivity contribution in [3.05, 3.63) is 57.6 Å². The van der Waals surface area contributed by atoms with Gasteiger partial charge in [0.05, 0.1) is 11.6 Å². The van der Waals surface area contributed by atoms with Gasteiger partial charge >= 0.3 is 0 Å². The molecule has 21 heavy (non-hydrogen) atoms. The SMILES string of the molecule is N#Cc1ccc(CSCc2cc3c(cc2Br)OCO3)cc1. The fraction of sp³-hybridized carbons (Fsp3) is 0.188. The van der Waals surface area contributed by atoms with Crippen molar-refractivity contribution in [3.63, 3.8) is 0 Å². The van der Waals surface area contributed by atoms with E-state index in [-0.39, 0.29) is 0 Å². The summed E-state index contributed by atoms with van der Waals surface area (Å²) >= 11 is 5.39. The highest BCUT2D eigenvalue weighted by Gasteiger charge is 2.16. The standard InChI is InChI=1S/C16H12BrNO2S/c17-14-6-16-15(19-10-20-16)5-13(14)9-21-8-12-3-1-11(7-18)2-4-12/h1-6H,8-10H2. The second-order valence-electron chi connectivity index (χ2n) is 4.60. The highest BCUT2D eigenvalue weighted by Crippen LogP contribution is 2.38. The van der Waals surface area contributed by atoms with Crippen molar-refractivity contribution in [3.8, 4) is 17.6 Å². The molecule has 1 aliphatic rings. The number of fused-ring (bicyclic) bond motifs is 1. The molecule has 3 nitrogen and oxygen atoms in total. The van der Waals surface area contributed by atoms with E-state index in [0.29, 0.717) is 12.4 Å². The van der Waals surface area contributed by atoms with Gasteiger partial charge in [-0.2, -0.15) is 17.0 Å². The molecule has 3 rings (SSSR count). The monoisotopic (exact) mass is 361 g/mol. The molecule has 2 aromatic rings. The molecule has 0 N–H and O–H groups in total. The molecule has 0 aromatic heterocycles. The zero-order chi connectivity index (χ0) is 14.7. The quantitative estimate of drug-likeness (QED) is 0.804. The van der Waals surface area contributed by atoms with Crippen LogP contribution < -0.4 is 9.47 Å². The zero-order valence-corrected chi connectivity index (χ0v) is 13.5. The Balaban J connectivity index is 1.61. The van der Waals surface area contributed by atoms with Crippen LogP contribution in [0.15, 0.2) is 40.9 Å². The summed E-state index contributed by atoms with van der Waals surface area (Å²) in [4.78, 5) is 0. The molecular formula is C16H12BrNO2S. The molecule has 0 bridgehead atoms. The molecule has 0 unspecified atom stereocenters. The van der Waals surface area contributed by atoms with Gasteiger partial charge in [0.15, 0.2) is 11.5 Å². The molecule has 0 saturated carbocycles. The fourth-order valence-corrected chi connectivity index (χ4v) is 3.66. The molecule has 0 aliphatic carbocycles. The summed E-state index contributed by atoms with van der Waals surface area (Å²) in [7, 11) is 0. The number of thioether (sulfide) groups is 1. The summed E-state index contributed by atoms with van der Waals surface area (Å²) in [5, 5.41) is 8.78. The number of halogens is 1. The van der Waals surface area contributed by atoms with Crippen LogP contribution in [0.5, 0.6) is 11.5 Å². The Bertz CT molecular complexity index is 695. The summed E-state index contributed by atoms with van der Waals surface area (Å²) < 4.78 is 11.8. The van der Waals surface area contributed by atoms with Crippen molar-refractivity contribution in [2.24, 2.45) is 0 Å². The van der Waals surface area contributed by atoms with E-state index in [2.05, 4.69) is 22.0 Å². The lowest BCUT2D eigenvalue weighted by molar-refractivity contribution is 0.174. The first-order valence-corrected chi connectivity index (χ1v) is 8.36. The van der Waals surface area contributed by atoms with E-state index in [9.17, 15) is 0 Å². The lowest BCUT2D eigenvalue weighted by Gasteiger charge is -2.06. The molecule has 5 heteroatoms. The number of nitrogens with zero attached hydrogens (tertiary/aromatic N) is 1. The largest absolute Gasteiger partial charge is 0.454 e. The van der Waals surface area contributed by atoms with E-state index < -0.39 is 0 Å². The van der Waals surface area contributed by atoms with Gasteiger partial charge in [0, 0.05) is 16.0 Å². The Morgan fingerprint density at radius 3 is 2.52 bits per heavy atom. The Hall–Kier alpha value is -1.64. The fourth-order valence-electron chi connectivity index (χ4n) is 2.02. The van der Waals surface area contributed by atoms with Gasteiger partial charge in [0.1, 0.15) is 0 Å². The second-order valence-corrected chi connectivity index (χ2v) is 6.44. The van der Waals surface area contributed by atoms with Crippen LogP contribution in [0.3, 0.4) is 0 Å². The van der Waals surface area contributed by atoms with Crippen molar-refractivity contribution in [1.82, 2.24) is 0 Å². The topological polar surface area (TPSA) is 42.2 Å². The van der Waals surface area contributed by atoms with Crippen LogP contribution in [0.25, 0.3) is 0 Å². The maximum atomic E-state index is 8.78. The number of benzene rings is 2. The minimum absolute atomic E-state index is 0.295. The third kappa shape index (κ3) is 3.34. The maximum Gasteiger partial charge on any atom is 0.231 e. The van der Waals surface area contributed by atoms with Crippen molar-refractivity contribution < 1.29 is 9.47 Å². The van der Waals surface area contributed by atoms with Gasteiger partial charge in [-0.3, -0.25) is 0 Å². The van der Waals surface area contributed by atoms with Gasteiger partial charge in [-0.1, -0.05) is 28.1 Å². The van der Waals surface area contributed by atoms with Gasteiger partial charge in [-0.15, -0.1) is 0 Å². The first kappa shape index (κ1) is 14.3. The highest BCUT2D eigenvalue weighted by molar-refractivity contribution is 9.10. The zero-order valence-electron chi connectivity index (χ0n) is 11.1. The van der Waals surface area contributed by atoms with Gasteiger partial charge < -0.3 is 9.47 Å². The predicted molar refractivity (Wildman–Crippen MR) is 86.4 cm³/mol. The molecule has 2 aromatic carbocycles. The molecule has 0 saturated heterocycles. The van der Waals surface area contributed by atoms with Crippen molar-refractivity contribution in [2.45, 2.75) is 11.5 Å². The third-order valence-corrected chi connectivity index (χ3v) is 4.94. The van der Waals surface area contributed by atoms with Crippen LogP contribution in [-0.4, -0.2) is 6.79 Å². The van der Waals surface area contributed by atoms with E-state index in [4.69, 9.17) is 14.7 Å². The minimum atomic E-state index is 0.295. The summed E-state index contributed by atoms with van der Waals surface area (Å²) in [6, 6.07) is 13.8. The van der Waals surface area contributed by atoms with Crippen LogP contribution in [0, 0.1) is 11.3 Å². The first-order chi connectivity index (χ1) is 10.3. The molecule has 0 spiro atoms. The number of ether oxygens (including phenoxy) is 2. The summed E-state index contributed by atoms with van der Waals surface area (Å²) in [5.74, 6) is 3.40. The third-order valence-electron chi connectivity index (χ3n) is 3.15. The van der Waals surface area contributed by atoms with E-state index in [1.54, 1.807) is 0 Å². The molecule has 0 atom stereocenters. The van der Waals surface area contributed by atoms with E-state index in [1.807, 2.05) is 48.2 Å². The average molecular weight is 362 g/mol. The van der Waals surface area contributed by atoms with Gasteiger partial charge in [0.25, 0.3) is 0 Å². The predicted octanol–water partition coefficient (Wildman–Crippen LogP) is 4.48. The van der Waals surface area contributed by atoms with Gasteiger partial charge in [-0.25, -0.2) is 0 Å². The molecule has 0 fully saturated rings. The number of nitriles is 1. The second kappa shape index (κ2) is 6.42. The highest BCUT2D eigenvalue weighted by atomic mass is 79.9. The van der Waals surface area contributed by atoms with E-state index in [0.717, 1.165) is 27.5 Å². The van der Waals surface area contributed by atoms with Crippen LogP contribution >= 0.6 is 27.7 Å². The summed E-state index contributed by atoms with van der Waals surface area (Å²) in [6.07, 6.45) is 0. The van der Waals surface area contributed by atoms with E-state index in [1.165, 1.54) is 11.1 Å². The Morgan fingerprint density at radius 1 is 1.10 bits per heavy atom. The van der Waals surface area contributed by atoms with E-state index >= 15 is 0 Å². The number of rotatable bonds is 4. The molecular weight excluding hydrogens is 350 g/mol. The normalized spacial score (nSPS) is 12.2. The maximum absolute atomic E-state index is 8.78. The van der Waals surface area contributed by atoms with Gasteiger partial charge in [0.2, 0.25) is 6.79 Å². The number of hydrogen-bond donors (Lipinski definition) is 0. The van der Waals surface area contributed by atoms with Crippen molar-refractivity contribution >= 4 is 27.7 Å². The Labute approximate surface area is 136 Å². The molecule has 0 radical (unpaired) electrons. The molecule has 1 heterocycles. The van der Waals surface area contributed by atoms with Crippen molar-refractivity contribution in [1.29, 1.82) is 5.26 Å². The summed E-state index contributed by atoms with van der Waals surface area (Å²) in [6.45, 7) is 0.295. The number of hydrogen-bond acceptors (Lipinski definition) is 4. The molecule has 1 aliphatic heterocycles. The molecule has 0 amide bonds.